The monoisotopic (exact) mass is 359 g/mol. The summed E-state index contributed by atoms with van der Waals surface area (Å²) in [6.45, 7) is 2.54. The number of aromatic amines is 1. The van der Waals surface area contributed by atoms with E-state index in [0.717, 1.165) is 31.5 Å². The molecule has 3 rings (SSSR count). The molecule has 1 amide bonds. The second-order valence-electron chi connectivity index (χ2n) is 6.52. The quantitative estimate of drug-likeness (QED) is 0.806. The number of likely N-dealkylation sites (N-methyl/N-ethyl adjacent to an activating group) is 1. The van der Waals surface area contributed by atoms with Crippen molar-refractivity contribution < 1.29 is 9.59 Å². The Balaban J connectivity index is 1.57. The molecule has 25 heavy (non-hydrogen) atoms. The highest BCUT2D eigenvalue weighted by atomic mass is 35.5. The van der Waals surface area contributed by atoms with Gasteiger partial charge in [-0.1, -0.05) is 23.7 Å². The van der Waals surface area contributed by atoms with Gasteiger partial charge in [-0.2, -0.15) is 0 Å². The SMILES string of the molecule is CN(CC(=O)c1c[nH]c(C(=O)N2CCCC2)c1)Cc1ccc(Cl)cc1. The van der Waals surface area contributed by atoms with Crippen molar-refractivity contribution >= 4 is 23.3 Å². The predicted octanol–water partition coefficient (Wildman–Crippen LogP) is 3.22. The number of hydrogen-bond donors (Lipinski definition) is 1. The summed E-state index contributed by atoms with van der Waals surface area (Å²) in [4.78, 5) is 31.5. The predicted molar refractivity (Wildman–Crippen MR) is 98.0 cm³/mol. The molecular formula is C19H22ClN3O2. The van der Waals surface area contributed by atoms with Gasteiger partial charge in [-0.25, -0.2) is 0 Å². The molecular weight excluding hydrogens is 338 g/mol. The van der Waals surface area contributed by atoms with Gasteiger partial charge in [0.1, 0.15) is 5.69 Å². The van der Waals surface area contributed by atoms with Gasteiger partial charge in [-0.15, -0.1) is 0 Å². The number of likely N-dealkylation sites (tertiary alicyclic amines) is 1. The molecule has 1 saturated heterocycles. The number of H-pyrrole nitrogens is 1. The third-order valence-corrected chi connectivity index (χ3v) is 4.66. The fraction of sp³-hybridized carbons (Fsp3) is 0.368. The van der Waals surface area contributed by atoms with Gasteiger partial charge >= 0.3 is 0 Å². The zero-order valence-corrected chi connectivity index (χ0v) is 15.1. The number of amides is 1. The van der Waals surface area contributed by atoms with Crippen LogP contribution in [0.15, 0.2) is 36.5 Å². The first kappa shape index (κ1) is 17.7. The Morgan fingerprint density at radius 3 is 2.56 bits per heavy atom. The lowest BCUT2D eigenvalue weighted by atomic mass is 10.1. The fourth-order valence-corrected chi connectivity index (χ4v) is 3.19. The van der Waals surface area contributed by atoms with E-state index < -0.39 is 0 Å². The number of carbonyl (C=O) groups is 2. The molecule has 132 valence electrons. The van der Waals surface area contributed by atoms with Crippen molar-refractivity contribution in [3.63, 3.8) is 0 Å². The minimum atomic E-state index is -0.0222. The Morgan fingerprint density at radius 1 is 1.20 bits per heavy atom. The first-order valence-electron chi connectivity index (χ1n) is 8.47. The van der Waals surface area contributed by atoms with E-state index in [2.05, 4.69) is 4.98 Å². The number of carbonyl (C=O) groups excluding carboxylic acids is 2. The Morgan fingerprint density at radius 2 is 1.88 bits per heavy atom. The number of hydrogen-bond acceptors (Lipinski definition) is 3. The summed E-state index contributed by atoms with van der Waals surface area (Å²) >= 11 is 5.89. The second kappa shape index (κ2) is 7.85. The maximum Gasteiger partial charge on any atom is 0.270 e. The van der Waals surface area contributed by atoms with Gasteiger partial charge in [0.25, 0.3) is 5.91 Å². The van der Waals surface area contributed by atoms with E-state index in [1.165, 1.54) is 0 Å². The highest BCUT2D eigenvalue weighted by Gasteiger charge is 2.22. The molecule has 1 fully saturated rings. The number of Topliss-reactive ketones (excluding diaryl/α,β-unsaturated/α-hetero) is 1. The molecule has 0 bridgehead atoms. The lowest BCUT2D eigenvalue weighted by Crippen LogP contribution is -2.28. The zero-order valence-electron chi connectivity index (χ0n) is 14.3. The molecule has 0 atom stereocenters. The minimum Gasteiger partial charge on any atom is -0.356 e. The summed E-state index contributed by atoms with van der Waals surface area (Å²) in [5.74, 6) is -0.0285. The van der Waals surface area contributed by atoms with Crippen LogP contribution in [0.25, 0.3) is 0 Å². The number of benzene rings is 1. The maximum atomic E-state index is 12.4. The summed E-state index contributed by atoms with van der Waals surface area (Å²) in [6, 6.07) is 9.25. The largest absolute Gasteiger partial charge is 0.356 e. The van der Waals surface area contributed by atoms with Crippen molar-refractivity contribution in [1.82, 2.24) is 14.8 Å². The van der Waals surface area contributed by atoms with Crippen LogP contribution in [-0.2, 0) is 6.54 Å². The fourth-order valence-electron chi connectivity index (χ4n) is 3.06. The van der Waals surface area contributed by atoms with Gasteiger partial charge in [0.05, 0.1) is 6.54 Å². The lowest BCUT2D eigenvalue weighted by Gasteiger charge is -2.15. The van der Waals surface area contributed by atoms with Crippen molar-refractivity contribution in [2.75, 3.05) is 26.7 Å². The number of nitrogens with zero attached hydrogens (tertiary/aromatic N) is 2. The molecule has 0 aliphatic carbocycles. The number of aromatic nitrogens is 1. The van der Waals surface area contributed by atoms with Gasteiger partial charge in [0, 0.05) is 36.4 Å². The Hall–Kier alpha value is -2.11. The van der Waals surface area contributed by atoms with E-state index in [1.807, 2.05) is 41.1 Å². The van der Waals surface area contributed by atoms with Gasteiger partial charge in [0.2, 0.25) is 0 Å². The van der Waals surface area contributed by atoms with Gasteiger partial charge < -0.3 is 9.88 Å². The van der Waals surface area contributed by atoms with E-state index in [9.17, 15) is 9.59 Å². The molecule has 1 aromatic heterocycles. The molecule has 1 aliphatic heterocycles. The summed E-state index contributed by atoms with van der Waals surface area (Å²) in [5, 5.41) is 0.699. The van der Waals surface area contributed by atoms with Crippen LogP contribution < -0.4 is 0 Å². The molecule has 1 N–H and O–H groups in total. The third-order valence-electron chi connectivity index (χ3n) is 4.41. The molecule has 0 saturated carbocycles. The molecule has 0 spiro atoms. The second-order valence-corrected chi connectivity index (χ2v) is 6.96. The Bertz CT molecular complexity index is 748. The van der Waals surface area contributed by atoms with Crippen LogP contribution in [0.1, 0.15) is 39.3 Å². The molecule has 6 heteroatoms. The first-order chi connectivity index (χ1) is 12.0. The average molecular weight is 360 g/mol. The van der Waals surface area contributed by atoms with Crippen LogP contribution in [0.2, 0.25) is 5.02 Å². The first-order valence-corrected chi connectivity index (χ1v) is 8.84. The molecule has 0 radical (unpaired) electrons. The van der Waals surface area contributed by atoms with Crippen LogP contribution in [-0.4, -0.2) is 53.2 Å². The van der Waals surface area contributed by atoms with Crippen LogP contribution in [0.5, 0.6) is 0 Å². The zero-order chi connectivity index (χ0) is 17.8. The molecule has 1 aromatic carbocycles. The number of nitrogens with one attached hydrogen (secondary N) is 1. The minimum absolute atomic E-state index is 0.00631. The highest BCUT2D eigenvalue weighted by molar-refractivity contribution is 6.30. The highest BCUT2D eigenvalue weighted by Crippen LogP contribution is 2.14. The summed E-state index contributed by atoms with van der Waals surface area (Å²) < 4.78 is 0. The smallest absolute Gasteiger partial charge is 0.270 e. The Labute approximate surface area is 152 Å². The third kappa shape index (κ3) is 4.50. The summed E-state index contributed by atoms with van der Waals surface area (Å²) in [5.41, 5.74) is 2.13. The van der Waals surface area contributed by atoms with E-state index in [-0.39, 0.29) is 18.2 Å². The van der Waals surface area contributed by atoms with Crippen molar-refractivity contribution in [1.29, 1.82) is 0 Å². The van der Waals surface area contributed by atoms with Crippen LogP contribution in [0.3, 0.4) is 0 Å². The van der Waals surface area contributed by atoms with Gasteiger partial charge in [0.15, 0.2) is 5.78 Å². The molecule has 1 aliphatic rings. The van der Waals surface area contributed by atoms with E-state index >= 15 is 0 Å². The van der Waals surface area contributed by atoms with E-state index in [0.29, 0.717) is 22.8 Å². The maximum absolute atomic E-state index is 12.4. The number of ketones is 1. The Kier molecular flexibility index (Phi) is 5.56. The summed E-state index contributed by atoms with van der Waals surface area (Å²) in [7, 11) is 1.90. The van der Waals surface area contributed by atoms with E-state index in [1.54, 1.807) is 12.3 Å². The average Bonchev–Trinajstić information content (AvgIpc) is 3.28. The van der Waals surface area contributed by atoms with Crippen molar-refractivity contribution in [3.05, 3.63) is 58.4 Å². The number of halogens is 1. The molecule has 0 unspecified atom stereocenters. The van der Waals surface area contributed by atoms with Crippen LogP contribution in [0, 0.1) is 0 Å². The summed E-state index contributed by atoms with van der Waals surface area (Å²) in [6.07, 6.45) is 3.73. The van der Waals surface area contributed by atoms with Crippen LogP contribution >= 0.6 is 11.6 Å². The topological polar surface area (TPSA) is 56.4 Å². The van der Waals surface area contributed by atoms with Gasteiger partial charge in [-0.3, -0.25) is 14.5 Å². The normalized spacial score (nSPS) is 14.3. The van der Waals surface area contributed by atoms with Gasteiger partial charge in [-0.05, 0) is 43.7 Å². The lowest BCUT2D eigenvalue weighted by molar-refractivity contribution is 0.0787. The molecule has 2 heterocycles. The number of rotatable bonds is 6. The molecule has 2 aromatic rings. The van der Waals surface area contributed by atoms with Crippen molar-refractivity contribution in [2.45, 2.75) is 19.4 Å². The molecule has 5 nitrogen and oxygen atoms in total. The van der Waals surface area contributed by atoms with Crippen LogP contribution in [0.4, 0.5) is 0 Å². The van der Waals surface area contributed by atoms with E-state index in [4.69, 9.17) is 11.6 Å². The van der Waals surface area contributed by atoms with Crippen molar-refractivity contribution in [3.8, 4) is 0 Å². The van der Waals surface area contributed by atoms with Crippen molar-refractivity contribution in [2.24, 2.45) is 0 Å². The standard InChI is InChI=1S/C19H22ClN3O2/c1-22(12-14-4-6-16(20)7-5-14)13-18(24)15-10-17(21-11-15)19(25)23-8-2-3-9-23/h4-7,10-11,21H,2-3,8-9,12-13H2,1H3.